The summed E-state index contributed by atoms with van der Waals surface area (Å²) in [5, 5.41) is 0. The first kappa shape index (κ1) is 49.2. The van der Waals surface area contributed by atoms with Gasteiger partial charge in [-0.15, -0.1) is 0 Å². The molecule has 4 N–H and O–H groups in total. The van der Waals surface area contributed by atoms with Crippen LogP contribution >= 0.6 is 0 Å². The second-order valence-corrected chi connectivity index (χ2v) is 22.9. The molecule has 0 amide bonds. The predicted molar refractivity (Wildman–Crippen MR) is 232 cm³/mol. The lowest BCUT2D eigenvalue weighted by Crippen LogP contribution is -2.16. The average molecular weight is 907 g/mol. The Hall–Kier alpha value is -3.48. The van der Waals surface area contributed by atoms with Crippen molar-refractivity contribution in [1.82, 2.24) is 0 Å². The Kier molecular flexibility index (Phi) is 16.1. The molecule has 0 spiro atoms. The van der Waals surface area contributed by atoms with Gasteiger partial charge in [0.1, 0.15) is 0 Å². The van der Waals surface area contributed by atoms with Gasteiger partial charge in [-0.1, -0.05) is 97.0 Å². The molecule has 4 unspecified atom stereocenters. The minimum atomic E-state index is -4.77. The molecule has 4 aromatic carbocycles. The Morgan fingerprint density at radius 2 is 0.733 bits per heavy atom. The largest absolute Gasteiger partial charge is 0.294 e. The first-order valence-electron chi connectivity index (χ1n) is 20.0. The first-order chi connectivity index (χ1) is 27.6. The predicted octanol–water partition coefficient (Wildman–Crippen LogP) is 10.1. The minimum absolute atomic E-state index is 0.0516. The van der Waals surface area contributed by atoms with Crippen LogP contribution < -0.4 is 0 Å². The maximum Gasteiger partial charge on any atom is 0.294 e. The van der Waals surface area contributed by atoms with Crippen molar-refractivity contribution in [2.45, 2.75) is 130 Å². The molecule has 0 saturated carbocycles. The van der Waals surface area contributed by atoms with Gasteiger partial charge < -0.3 is 0 Å². The van der Waals surface area contributed by atoms with Crippen molar-refractivity contribution in [1.29, 1.82) is 0 Å². The molecule has 330 valence electrons. The van der Waals surface area contributed by atoms with Gasteiger partial charge in [-0.05, 0) is 150 Å². The zero-order valence-corrected chi connectivity index (χ0v) is 38.3. The van der Waals surface area contributed by atoms with Crippen molar-refractivity contribution in [2.75, 3.05) is 0 Å². The lowest BCUT2D eigenvalue weighted by Gasteiger charge is -2.31. The lowest BCUT2D eigenvalue weighted by molar-refractivity contribution is 0.387. The van der Waals surface area contributed by atoms with E-state index in [0.29, 0.717) is 43.2 Å². The van der Waals surface area contributed by atoms with E-state index in [4.69, 9.17) is 0 Å². The van der Waals surface area contributed by atoms with Crippen LogP contribution in [0.15, 0.2) is 111 Å². The number of rotatable bonds is 20. The molecule has 0 heterocycles. The smallest absolute Gasteiger partial charge is 0.282 e. The van der Waals surface area contributed by atoms with Crippen LogP contribution in [0.2, 0.25) is 0 Å². The molecule has 0 bridgehead atoms. The fourth-order valence-electron chi connectivity index (χ4n) is 8.38. The van der Waals surface area contributed by atoms with Gasteiger partial charge in [-0.25, -0.2) is 0 Å². The van der Waals surface area contributed by atoms with Gasteiger partial charge in [0, 0.05) is 0 Å². The Morgan fingerprint density at radius 1 is 0.400 bits per heavy atom. The maximum atomic E-state index is 13.3. The summed E-state index contributed by atoms with van der Waals surface area (Å²) in [6.07, 6.45) is 2.77. The van der Waals surface area contributed by atoms with E-state index in [0.717, 1.165) is 16.7 Å². The summed E-state index contributed by atoms with van der Waals surface area (Å²) in [5.41, 5.74) is 3.49. The molecule has 4 atom stereocenters. The van der Waals surface area contributed by atoms with E-state index < -0.39 is 46.4 Å². The number of hydrogen-bond acceptors (Lipinski definition) is 8. The third kappa shape index (κ3) is 13.5. The van der Waals surface area contributed by atoms with Crippen molar-refractivity contribution in [2.24, 2.45) is 17.8 Å². The van der Waals surface area contributed by atoms with Crippen molar-refractivity contribution in [3.05, 3.63) is 119 Å². The molecule has 4 rings (SSSR count). The molecule has 60 heavy (non-hydrogen) atoms. The Bertz CT molecular complexity index is 2420. The molecule has 4 aromatic rings. The molecule has 0 saturated heterocycles. The van der Waals surface area contributed by atoms with E-state index in [1.807, 2.05) is 26.8 Å². The van der Waals surface area contributed by atoms with Crippen LogP contribution in [-0.4, -0.2) is 51.9 Å². The molecule has 12 nitrogen and oxygen atoms in total. The van der Waals surface area contributed by atoms with Gasteiger partial charge in [-0.2, -0.15) is 33.7 Å². The van der Waals surface area contributed by atoms with E-state index in [1.165, 1.54) is 42.5 Å². The monoisotopic (exact) mass is 906 g/mol. The summed E-state index contributed by atoms with van der Waals surface area (Å²) in [5.74, 6) is -0.738. The highest BCUT2D eigenvalue weighted by Crippen LogP contribution is 2.44. The SMILES string of the molecule is CC(C)CC(CC(CC(CC(C)C)c1ccc(S(=O)(=O)O)cc1)c1ccc(C(C)CC(c2ccc(S(=O)(=O)O)cc2)C(C)C)c(S(=O)(=O)O)c1)c1ccc(S(=O)(=O)O)cc1. The standard InChI is InChI=1S/C44H58O12S4/c1-28(2)22-36(32-8-15-39(16-9-32)57(45,46)47)25-38(26-37(23-29(3)4)33-10-17-40(18-11-33)58(48,49)50)35-14-21-42(44(27-35)60(54,55)56)31(7)24-43(30(5)6)34-12-19-41(20-13-34)59(51,52)53/h8-21,27-31,36-38,43H,22-26H2,1-7H3,(H,45,46,47)(H,48,49,50)(H,51,52,53)(H,54,55,56). The number of hydrogen-bond donors (Lipinski definition) is 4. The molecular formula is C44H58O12S4. The zero-order valence-electron chi connectivity index (χ0n) is 35.0. The quantitative estimate of drug-likeness (QED) is 0.0609. The molecule has 0 aromatic heterocycles. The van der Waals surface area contributed by atoms with Crippen LogP contribution in [0.3, 0.4) is 0 Å². The van der Waals surface area contributed by atoms with Crippen LogP contribution in [0, 0.1) is 17.8 Å². The summed E-state index contributed by atoms with van der Waals surface area (Å²) in [4.78, 5) is -0.961. The van der Waals surface area contributed by atoms with Crippen LogP contribution in [0.1, 0.15) is 138 Å². The van der Waals surface area contributed by atoms with E-state index in [2.05, 4.69) is 27.7 Å². The maximum absolute atomic E-state index is 13.3. The third-order valence-electron chi connectivity index (χ3n) is 11.3. The van der Waals surface area contributed by atoms with Gasteiger partial charge in [0.2, 0.25) is 0 Å². The molecule has 16 heteroatoms. The summed E-state index contributed by atoms with van der Waals surface area (Å²) < 4.78 is 137. The Balaban J connectivity index is 1.85. The van der Waals surface area contributed by atoms with Crippen molar-refractivity contribution in [3.63, 3.8) is 0 Å². The third-order valence-corrected chi connectivity index (χ3v) is 14.8. The van der Waals surface area contributed by atoms with Crippen LogP contribution in [-0.2, 0) is 40.5 Å². The Labute approximate surface area is 356 Å². The minimum Gasteiger partial charge on any atom is -0.282 e. The molecule has 0 radical (unpaired) electrons. The second-order valence-electron chi connectivity index (χ2n) is 17.2. The Morgan fingerprint density at radius 3 is 1.05 bits per heavy atom. The van der Waals surface area contributed by atoms with Gasteiger partial charge in [0.25, 0.3) is 40.5 Å². The second kappa shape index (κ2) is 19.7. The fraction of sp³-hybridized carbons (Fsp3) is 0.455. The summed E-state index contributed by atoms with van der Waals surface area (Å²) in [6.45, 7) is 14.1. The van der Waals surface area contributed by atoms with Crippen molar-refractivity contribution in [3.8, 4) is 0 Å². The number of benzene rings is 4. The average Bonchev–Trinajstić information content (AvgIpc) is 3.14. The lowest BCUT2D eigenvalue weighted by atomic mass is 9.74. The van der Waals surface area contributed by atoms with Gasteiger partial charge in [0.15, 0.2) is 0 Å². The molecule has 0 aliphatic carbocycles. The van der Waals surface area contributed by atoms with Crippen LogP contribution in [0.5, 0.6) is 0 Å². The van der Waals surface area contributed by atoms with Gasteiger partial charge in [0.05, 0.1) is 19.6 Å². The van der Waals surface area contributed by atoms with Crippen molar-refractivity contribution < 1.29 is 51.9 Å². The molecule has 0 aliphatic heterocycles. The summed E-state index contributed by atoms with van der Waals surface area (Å²) in [7, 11) is -18.0. The molecule has 0 aliphatic rings. The highest BCUT2D eigenvalue weighted by Gasteiger charge is 2.30. The zero-order chi connectivity index (χ0) is 45.0. The topological polar surface area (TPSA) is 217 Å². The molecular weight excluding hydrogens is 849 g/mol. The van der Waals surface area contributed by atoms with E-state index in [-0.39, 0.29) is 61.0 Å². The van der Waals surface area contributed by atoms with Gasteiger partial charge >= 0.3 is 0 Å². The van der Waals surface area contributed by atoms with E-state index in [1.54, 1.807) is 42.5 Å². The normalized spacial score (nSPS) is 15.6. The summed E-state index contributed by atoms with van der Waals surface area (Å²) in [6, 6.07) is 23.1. The van der Waals surface area contributed by atoms with Crippen LogP contribution in [0.25, 0.3) is 0 Å². The highest BCUT2D eigenvalue weighted by atomic mass is 32.2. The summed E-state index contributed by atoms with van der Waals surface area (Å²) >= 11 is 0. The van der Waals surface area contributed by atoms with E-state index in [9.17, 15) is 51.9 Å². The van der Waals surface area contributed by atoms with E-state index >= 15 is 0 Å². The van der Waals surface area contributed by atoms with Crippen molar-refractivity contribution >= 4 is 40.5 Å². The van der Waals surface area contributed by atoms with Crippen LogP contribution in [0.4, 0.5) is 0 Å². The fourth-order valence-corrected chi connectivity index (χ4v) is 10.7. The first-order valence-corrected chi connectivity index (χ1v) is 25.7. The molecule has 0 fully saturated rings. The highest BCUT2D eigenvalue weighted by molar-refractivity contribution is 7.86. The van der Waals surface area contributed by atoms with Gasteiger partial charge in [-0.3, -0.25) is 18.2 Å².